The zero-order valence-electron chi connectivity index (χ0n) is 10.6. The molecule has 0 radical (unpaired) electrons. The van der Waals surface area contributed by atoms with Gasteiger partial charge < -0.3 is 5.32 Å². The van der Waals surface area contributed by atoms with Crippen molar-refractivity contribution in [1.82, 2.24) is 5.32 Å². The maximum atomic E-state index is 13.2. The van der Waals surface area contributed by atoms with Crippen molar-refractivity contribution in [2.24, 2.45) is 0 Å². The highest BCUT2D eigenvalue weighted by Gasteiger charge is 2.17. The number of rotatable bonds is 3. The first kappa shape index (κ1) is 13.5. The van der Waals surface area contributed by atoms with Crippen LogP contribution in [0.25, 0.3) is 0 Å². The summed E-state index contributed by atoms with van der Waals surface area (Å²) in [6.07, 6.45) is 0. The smallest absolute Gasteiger partial charge is 0.123 e. The Bertz CT molecular complexity index is 357. The summed E-state index contributed by atoms with van der Waals surface area (Å²) >= 11 is 1.77. The summed E-state index contributed by atoms with van der Waals surface area (Å²) in [7, 11) is 1.89. The predicted molar refractivity (Wildman–Crippen MR) is 69.5 cm³/mol. The average Bonchev–Trinajstić information content (AvgIpc) is 2.17. The molecule has 0 aliphatic rings. The molecule has 0 fully saturated rings. The van der Waals surface area contributed by atoms with E-state index in [-0.39, 0.29) is 16.6 Å². The SMILES string of the molecule is CNC(C)c1cc(F)ccc1SC(C)(C)C. The standard InChI is InChI=1S/C13H20FNS/c1-9(15-5)11-8-10(14)6-7-12(11)16-13(2,3)4/h6-9,15H,1-5H3. The summed E-state index contributed by atoms with van der Waals surface area (Å²) in [5.41, 5.74) is 1.03. The highest BCUT2D eigenvalue weighted by molar-refractivity contribution is 8.00. The molecule has 0 heterocycles. The molecule has 0 amide bonds. The van der Waals surface area contributed by atoms with Gasteiger partial charge in [-0.25, -0.2) is 4.39 Å². The van der Waals surface area contributed by atoms with E-state index in [0.717, 1.165) is 10.5 Å². The van der Waals surface area contributed by atoms with Gasteiger partial charge in [-0.3, -0.25) is 0 Å². The van der Waals surface area contributed by atoms with Gasteiger partial charge in [0.05, 0.1) is 0 Å². The fourth-order valence-electron chi connectivity index (χ4n) is 1.44. The summed E-state index contributed by atoms with van der Waals surface area (Å²) in [4.78, 5) is 1.15. The monoisotopic (exact) mass is 241 g/mol. The van der Waals surface area contributed by atoms with Crippen molar-refractivity contribution in [2.75, 3.05) is 7.05 Å². The van der Waals surface area contributed by atoms with E-state index in [1.54, 1.807) is 17.8 Å². The van der Waals surface area contributed by atoms with Gasteiger partial charge in [-0.15, -0.1) is 11.8 Å². The van der Waals surface area contributed by atoms with Crippen LogP contribution >= 0.6 is 11.8 Å². The third-order valence-electron chi connectivity index (χ3n) is 2.29. The molecule has 0 saturated heterocycles. The molecule has 0 aliphatic heterocycles. The second-order valence-electron chi connectivity index (χ2n) is 4.91. The number of benzene rings is 1. The Morgan fingerprint density at radius 1 is 1.31 bits per heavy atom. The molecule has 0 aliphatic carbocycles. The van der Waals surface area contributed by atoms with Crippen LogP contribution in [0.2, 0.25) is 0 Å². The van der Waals surface area contributed by atoms with Crippen molar-refractivity contribution in [3.63, 3.8) is 0 Å². The molecule has 90 valence electrons. The molecule has 0 aromatic heterocycles. The fourth-order valence-corrected chi connectivity index (χ4v) is 2.59. The number of hydrogen-bond acceptors (Lipinski definition) is 2. The summed E-state index contributed by atoms with van der Waals surface area (Å²) in [5.74, 6) is -0.171. The van der Waals surface area contributed by atoms with Gasteiger partial charge in [0.25, 0.3) is 0 Å². The quantitative estimate of drug-likeness (QED) is 0.803. The van der Waals surface area contributed by atoms with E-state index in [9.17, 15) is 4.39 Å². The number of halogens is 1. The highest BCUT2D eigenvalue weighted by Crippen LogP contribution is 2.36. The molecule has 1 aromatic rings. The van der Waals surface area contributed by atoms with Crippen LogP contribution in [0.15, 0.2) is 23.1 Å². The molecule has 1 nitrogen and oxygen atoms in total. The van der Waals surface area contributed by atoms with Crippen molar-refractivity contribution in [3.05, 3.63) is 29.6 Å². The van der Waals surface area contributed by atoms with Crippen molar-refractivity contribution in [2.45, 2.75) is 43.4 Å². The zero-order valence-corrected chi connectivity index (χ0v) is 11.4. The molecule has 3 heteroatoms. The second kappa shape index (κ2) is 5.19. The van der Waals surface area contributed by atoms with Gasteiger partial charge in [0.1, 0.15) is 5.82 Å². The molecule has 1 aromatic carbocycles. The van der Waals surface area contributed by atoms with Crippen LogP contribution < -0.4 is 5.32 Å². The van der Waals surface area contributed by atoms with E-state index in [4.69, 9.17) is 0 Å². The maximum Gasteiger partial charge on any atom is 0.123 e. The molecule has 16 heavy (non-hydrogen) atoms. The van der Waals surface area contributed by atoms with Crippen LogP contribution in [0.4, 0.5) is 4.39 Å². The lowest BCUT2D eigenvalue weighted by Gasteiger charge is -2.22. The van der Waals surface area contributed by atoms with E-state index in [1.165, 1.54) is 6.07 Å². The second-order valence-corrected chi connectivity index (χ2v) is 6.78. The van der Waals surface area contributed by atoms with E-state index < -0.39 is 0 Å². The minimum atomic E-state index is -0.171. The summed E-state index contributed by atoms with van der Waals surface area (Å²) in [6, 6.07) is 5.18. The van der Waals surface area contributed by atoms with Gasteiger partial charge in [-0.05, 0) is 37.7 Å². The first-order chi connectivity index (χ1) is 7.33. The molecule has 0 bridgehead atoms. The van der Waals surface area contributed by atoms with Crippen molar-refractivity contribution >= 4 is 11.8 Å². The summed E-state index contributed by atoms with van der Waals surface area (Å²) in [6.45, 7) is 8.53. The van der Waals surface area contributed by atoms with Crippen molar-refractivity contribution in [1.29, 1.82) is 0 Å². The lowest BCUT2D eigenvalue weighted by atomic mass is 10.1. The van der Waals surface area contributed by atoms with Crippen LogP contribution in [0.5, 0.6) is 0 Å². The molecule has 1 atom stereocenters. The van der Waals surface area contributed by atoms with E-state index in [2.05, 4.69) is 26.1 Å². The Morgan fingerprint density at radius 2 is 1.94 bits per heavy atom. The summed E-state index contributed by atoms with van der Waals surface area (Å²) < 4.78 is 13.4. The average molecular weight is 241 g/mol. The van der Waals surface area contributed by atoms with Gasteiger partial charge in [0.2, 0.25) is 0 Å². The molecule has 1 N–H and O–H groups in total. The molecule has 0 spiro atoms. The van der Waals surface area contributed by atoms with Gasteiger partial charge >= 0.3 is 0 Å². The van der Waals surface area contributed by atoms with Gasteiger partial charge in [-0.2, -0.15) is 0 Å². The molecular formula is C13H20FNS. The third-order valence-corrected chi connectivity index (χ3v) is 3.49. The summed E-state index contributed by atoms with van der Waals surface area (Å²) in [5, 5.41) is 3.15. The molecular weight excluding hydrogens is 221 g/mol. The largest absolute Gasteiger partial charge is 0.313 e. The zero-order chi connectivity index (χ0) is 12.3. The van der Waals surface area contributed by atoms with Crippen molar-refractivity contribution in [3.8, 4) is 0 Å². The van der Waals surface area contributed by atoms with Gasteiger partial charge in [0.15, 0.2) is 0 Å². The highest BCUT2D eigenvalue weighted by atomic mass is 32.2. The van der Waals surface area contributed by atoms with E-state index in [0.29, 0.717) is 0 Å². The third kappa shape index (κ3) is 3.80. The van der Waals surface area contributed by atoms with E-state index in [1.807, 2.05) is 20.0 Å². The fraction of sp³-hybridized carbons (Fsp3) is 0.538. The minimum Gasteiger partial charge on any atom is -0.313 e. The topological polar surface area (TPSA) is 12.0 Å². The first-order valence-electron chi connectivity index (χ1n) is 5.49. The lowest BCUT2D eigenvalue weighted by molar-refractivity contribution is 0.601. The molecule has 0 saturated carbocycles. The Labute approximate surface area is 102 Å². The predicted octanol–water partition coefficient (Wildman–Crippen LogP) is 4.00. The number of nitrogens with one attached hydrogen (secondary N) is 1. The minimum absolute atomic E-state index is 0.139. The van der Waals surface area contributed by atoms with Crippen LogP contribution in [0.1, 0.15) is 39.3 Å². The Balaban J connectivity index is 3.07. The van der Waals surface area contributed by atoms with Crippen LogP contribution in [-0.2, 0) is 0 Å². The normalized spacial score (nSPS) is 13.9. The van der Waals surface area contributed by atoms with Crippen LogP contribution in [0.3, 0.4) is 0 Å². The van der Waals surface area contributed by atoms with Crippen LogP contribution in [0, 0.1) is 5.82 Å². The Kier molecular flexibility index (Phi) is 4.39. The Morgan fingerprint density at radius 3 is 2.44 bits per heavy atom. The number of hydrogen-bond donors (Lipinski definition) is 1. The molecule has 1 rings (SSSR count). The molecule has 1 unspecified atom stereocenters. The Hall–Kier alpha value is -0.540. The van der Waals surface area contributed by atoms with Crippen LogP contribution in [-0.4, -0.2) is 11.8 Å². The maximum absolute atomic E-state index is 13.2. The van der Waals surface area contributed by atoms with E-state index >= 15 is 0 Å². The van der Waals surface area contributed by atoms with Crippen molar-refractivity contribution < 1.29 is 4.39 Å². The lowest BCUT2D eigenvalue weighted by Crippen LogP contribution is -2.15. The first-order valence-corrected chi connectivity index (χ1v) is 6.31. The van der Waals surface area contributed by atoms with Gasteiger partial charge in [-0.1, -0.05) is 20.8 Å². The van der Waals surface area contributed by atoms with Gasteiger partial charge in [0, 0.05) is 15.7 Å². The number of thioether (sulfide) groups is 1.